The largest absolute Gasteiger partial charge is 0.394 e. The van der Waals surface area contributed by atoms with Crippen LogP contribution in [0.3, 0.4) is 0 Å². The Morgan fingerprint density at radius 3 is 2.92 bits per heavy atom. The molecule has 3 N–H and O–H groups in total. The number of nitrogens with two attached hydrogens (primary N) is 1. The highest BCUT2D eigenvalue weighted by Gasteiger charge is 2.47. The summed E-state index contributed by atoms with van der Waals surface area (Å²) in [5.41, 5.74) is 5.83. The Hall–Kier alpha value is -0.200. The summed E-state index contributed by atoms with van der Waals surface area (Å²) in [6, 6.07) is -0.00353. The Bertz CT molecular complexity index is 178. The van der Waals surface area contributed by atoms with Crippen LogP contribution in [0, 0.1) is 0 Å². The molecule has 0 aromatic heterocycles. The second-order valence-corrected chi connectivity index (χ2v) is 3.41. The quantitative estimate of drug-likeness (QED) is 0.585. The first-order valence-electron chi connectivity index (χ1n) is 4.54. The fourth-order valence-corrected chi connectivity index (χ4v) is 1.98. The monoisotopic (exact) mass is 189 g/mol. The fourth-order valence-electron chi connectivity index (χ4n) is 1.98. The van der Waals surface area contributed by atoms with Gasteiger partial charge in [0.2, 0.25) is 0 Å². The van der Waals surface area contributed by atoms with Gasteiger partial charge in [-0.05, 0) is 6.42 Å². The number of hydrogen-bond donors (Lipinski definition) is 2. The van der Waals surface area contributed by atoms with Gasteiger partial charge in [-0.15, -0.1) is 0 Å². The molecule has 0 radical (unpaired) electrons. The van der Waals surface area contributed by atoms with Crippen LogP contribution in [0.15, 0.2) is 0 Å². The molecule has 1 aliphatic heterocycles. The zero-order chi connectivity index (χ0) is 9.26. The Morgan fingerprint density at radius 2 is 2.15 bits per heavy atom. The lowest BCUT2D eigenvalue weighted by Crippen LogP contribution is -2.34. The smallest absolute Gasteiger partial charge is 0.147 e. The van der Waals surface area contributed by atoms with Crippen LogP contribution in [0.4, 0.5) is 0 Å². The van der Waals surface area contributed by atoms with E-state index in [-0.39, 0.29) is 31.0 Å². The third-order valence-corrected chi connectivity index (χ3v) is 2.56. The molecule has 76 valence electrons. The van der Waals surface area contributed by atoms with E-state index in [2.05, 4.69) is 0 Å². The van der Waals surface area contributed by atoms with Crippen LogP contribution in [-0.4, -0.2) is 49.5 Å². The number of aliphatic hydroxyl groups is 1. The van der Waals surface area contributed by atoms with Crippen molar-refractivity contribution >= 4 is 0 Å². The van der Waals surface area contributed by atoms with E-state index >= 15 is 0 Å². The highest BCUT2D eigenvalue weighted by atomic mass is 16.7. The predicted octanol–water partition coefficient (Wildman–Crippen LogP) is -1.16. The van der Waals surface area contributed by atoms with Gasteiger partial charge in [0, 0.05) is 6.04 Å². The second kappa shape index (κ2) is 3.89. The lowest BCUT2D eigenvalue weighted by atomic mass is 10.2. The lowest BCUT2D eigenvalue weighted by molar-refractivity contribution is -0.0525. The van der Waals surface area contributed by atoms with E-state index in [0.29, 0.717) is 13.4 Å². The third kappa shape index (κ3) is 1.70. The van der Waals surface area contributed by atoms with Crippen LogP contribution in [0.25, 0.3) is 0 Å². The molecule has 0 bridgehead atoms. The summed E-state index contributed by atoms with van der Waals surface area (Å²) in [7, 11) is 0. The Kier molecular flexibility index (Phi) is 2.80. The number of hydrogen-bond acceptors (Lipinski definition) is 5. The van der Waals surface area contributed by atoms with Gasteiger partial charge in [0.1, 0.15) is 19.0 Å². The van der Waals surface area contributed by atoms with Gasteiger partial charge in [0.25, 0.3) is 0 Å². The molecule has 2 fully saturated rings. The molecule has 4 atom stereocenters. The maximum Gasteiger partial charge on any atom is 0.147 e. The van der Waals surface area contributed by atoms with Crippen molar-refractivity contribution in [1.29, 1.82) is 0 Å². The molecule has 0 amide bonds. The molecule has 0 aromatic carbocycles. The minimum atomic E-state index is -0.0402. The first-order valence-corrected chi connectivity index (χ1v) is 4.54. The molecule has 2 rings (SSSR count). The second-order valence-electron chi connectivity index (χ2n) is 3.41. The van der Waals surface area contributed by atoms with Gasteiger partial charge in [-0.25, -0.2) is 0 Å². The van der Waals surface area contributed by atoms with Gasteiger partial charge in [-0.2, -0.15) is 0 Å². The third-order valence-electron chi connectivity index (χ3n) is 2.56. The van der Waals surface area contributed by atoms with Crippen molar-refractivity contribution in [2.24, 2.45) is 5.73 Å². The molecule has 1 saturated carbocycles. The molecule has 2 aliphatic rings. The molecule has 1 saturated heterocycles. The predicted molar refractivity (Wildman–Crippen MR) is 44.0 cm³/mol. The van der Waals surface area contributed by atoms with Gasteiger partial charge in [-0.1, -0.05) is 0 Å². The van der Waals surface area contributed by atoms with Gasteiger partial charge >= 0.3 is 0 Å². The first-order chi connectivity index (χ1) is 6.33. The van der Waals surface area contributed by atoms with Gasteiger partial charge in [-0.3, -0.25) is 0 Å². The fraction of sp³-hybridized carbons (Fsp3) is 1.00. The van der Waals surface area contributed by atoms with Crippen molar-refractivity contribution in [3.63, 3.8) is 0 Å². The molecule has 1 heterocycles. The number of fused-ring (bicyclic) bond motifs is 1. The standard InChI is InChI=1S/C8H15NO4/c9-5-3-6(11-2-1-10)8-7(5)12-4-13-8/h5-8,10H,1-4,9H2/t5-,6+,7+,8-/m1/s1. The maximum atomic E-state index is 8.60. The number of ether oxygens (including phenoxy) is 3. The van der Waals surface area contributed by atoms with E-state index < -0.39 is 0 Å². The van der Waals surface area contributed by atoms with E-state index in [1.807, 2.05) is 0 Å². The van der Waals surface area contributed by atoms with E-state index in [1.165, 1.54) is 0 Å². The van der Waals surface area contributed by atoms with Gasteiger partial charge < -0.3 is 25.1 Å². The molecular formula is C8H15NO4. The lowest BCUT2D eigenvalue weighted by Gasteiger charge is -2.16. The van der Waals surface area contributed by atoms with Crippen molar-refractivity contribution in [2.75, 3.05) is 20.0 Å². The van der Waals surface area contributed by atoms with Crippen LogP contribution >= 0.6 is 0 Å². The highest BCUT2D eigenvalue weighted by molar-refractivity contribution is 4.98. The van der Waals surface area contributed by atoms with Crippen molar-refractivity contribution in [1.82, 2.24) is 0 Å². The SMILES string of the molecule is N[C@@H]1C[C@H](OCCO)[C@H]2OCO[C@H]21. The Morgan fingerprint density at radius 1 is 1.38 bits per heavy atom. The van der Waals surface area contributed by atoms with Crippen molar-refractivity contribution in [3.8, 4) is 0 Å². The molecule has 1 aliphatic carbocycles. The summed E-state index contributed by atoms with van der Waals surface area (Å²) in [4.78, 5) is 0. The molecule has 5 nitrogen and oxygen atoms in total. The maximum absolute atomic E-state index is 8.60. The summed E-state index contributed by atoms with van der Waals surface area (Å²) >= 11 is 0. The van der Waals surface area contributed by atoms with Crippen LogP contribution < -0.4 is 5.73 Å². The molecule has 0 spiro atoms. The topological polar surface area (TPSA) is 73.9 Å². The molecule has 0 aromatic rings. The van der Waals surface area contributed by atoms with Crippen LogP contribution in [0.5, 0.6) is 0 Å². The van der Waals surface area contributed by atoms with Gasteiger partial charge in [0.15, 0.2) is 0 Å². The first kappa shape index (κ1) is 9.36. The average Bonchev–Trinajstić information content (AvgIpc) is 2.67. The summed E-state index contributed by atoms with van der Waals surface area (Å²) in [5.74, 6) is 0. The van der Waals surface area contributed by atoms with Crippen molar-refractivity contribution in [3.05, 3.63) is 0 Å². The number of rotatable bonds is 3. The minimum Gasteiger partial charge on any atom is -0.394 e. The Labute approximate surface area is 76.8 Å². The summed E-state index contributed by atoms with van der Waals surface area (Å²) in [6.07, 6.45) is 0.662. The normalized spacial score (nSPS) is 43.8. The zero-order valence-corrected chi connectivity index (χ0v) is 7.39. The molecule has 13 heavy (non-hydrogen) atoms. The van der Waals surface area contributed by atoms with E-state index in [4.69, 9.17) is 25.1 Å². The number of aliphatic hydroxyl groups excluding tert-OH is 1. The molecule has 5 heteroatoms. The summed E-state index contributed by atoms with van der Waals surface area (Å²) in [5, 5.41) is 8.60. The van der Waals surface area contributed by atoms with Crippen molar-refractivity contribution < 1.29 is 19.3 Å². The zero-order valence-electron chi connectivity index (χ0n) is 7.39. The highest BCUT2D eigenvalue weighted by Crippen LogP contribution is 2.31. The van der Waals surface area contributed by atoms with Crippen LogP contribution in [-0.2, 0) is 14.2 Å². The Balaban J connectivity index is 1.90. The van der Waals surface area contributed by atoms with Crippen molar-refractivity contribution in [2.45, 2.75) is 30.8 Å². The van der Waals surface area contributed by atoms with E-state index in [9.17, 15) is 0 Å². The summed E-state index contributed by atoms with van der Waals surface area (Å²) < 4.78 is 16.1. The van der Waals surface area contributed by atoms with E-state index in [0.717, 1.165) is 6.42 Å². The minimum absolute atomic E-state index is 0.00353. The van der Waals surface area contributed by atoms with E-state index in [1.54, 1.807) is 0 Å². The molecule has 0 unspecified atom stereocenters. The van der Waals surface area contributed by atoms with Crippen LogP contribution in [0.1, 0.15) is 6.42 Å². The average molecular weight is 189 g/mol. The van der Waals surface area contributed by atoms with Gasteiger partial charge in [0.05, 0.1) is 19.3 Å². The van der Waals surface area contributed by atoms with Crippen LogP contribution in [0.2, 0.25) is 0 Å². The molecular weight excluding hydrogens is 174 g/mol. The summed E-state index contributed by atoms with van der Waals surface area (Å²) in [6.45, 7) is 0.677.